The second-order valence-electron chi connectivity index (χ2n) is 4.24. The van der Waals surface area contributed by atoms with Gasteiger partial charge in [0, 0.05) is 6.54 Å². The van der Waals surface area contributed by atoms with Crippen LogP contribution in [0.5, 0.6) is 0 Å². The van der Waals surface area contributed by atoms with Crippen molar-refractivity contribution in [3.05, 3.63) is 0 Å². The SMILES string of the molecule is CN(CC#N)CC(=O)NC1CCCCNC1=O. The molecule has 1 unspecified atom stereocenters. The first-order chi connectivity index (χ1) is 8.13. The van der Waals surface area contributed by atoms with Gasteiger partial charge in [0.05, 0.1) is 19.2 Å². The van der Waals surface area contributed by atoms with Gasteiger partial charge in [0.15, 0.2) is 0 Å². The number of rotatable bonds is 4. The van der Waals surface area contributed by atoms with Crippen LogP contribution in [0.3, 0.4) is 0 Å². The molecule has 0 aromatic heterocycles. The van der Waals surface area contributed by atoms with Crippen LogP contribution in [-0.2, 0) is 9.59 Å². The van der Waals surface area contributed by atoms with Crippen LogP contribution in [0.2, 0.25) is 0 Å². The van der Waals surface area contributed by atoms with Gasteiger partial charge < -0.3 is 10.6 Å². The summed E-state index contributed by atoms with van der Waals surface area (Å²) >= 11 is 0. The fourth-order valence-corrected chi connectivity index (χ4v) is 1.74. The van der Waals surface area contributed by atoms with Gasteiger partial charge in [-0.1, -0.05) is 0 Å². The van der Waals surface area contributed by atoms with Gasteiger partial charge in [-0.15, -0.1) is 0 Å². The van der Waals surface area contributed by atoms with E-state index in [4.69, 9.17) is 5.26 Å². The maximum Gasteiger partial charge on any atom is 0.242 e. The van der Waals surface area contributed by atoms with Gasteiger partial charge >= 0.3 is 0 Å². The average molecular weight is 238 g/mol. The van der Waals surface area contributed by atoms with Crippen molar-refractivity contribution in [1.82, 2.24) is 15.5 Å². The Morgan fingerprint density at radius 1 is 1.65 bits per heavy atom. The first kappa shape index (κ1) is 13.5. The summed E-state index contributed by atoms with van der Waals surface area (Å²) in [5, 5.41) is 13.9. The summed E-state index contributed by atoms with van der Waals surface area (Å²) in [7, 11) is 1.69. The van der Waals surface area contributed by atoms with Crippen LogP contribution >= 0.6 is 0 Å². The lowest BCUT2D eigenvalue weighted by Crippen LogP contribution is -2.48. The summed E-state index contributed by atoms with van der Waals surface area (Å²) in [5.41, 5.74) is 0. The van der Waals surface area contributed by atoms with Gasteiger partial charge in [-0.05, 0) is 26.3 Å². The molecule has 0 bridgehead atoms. The molecule has 0 saturated carbocycles. The maximum atomic E-state index is 11.6. The van der Waals surface area contributed by atoms with Gasteiger partial charge in [0.1, 0.15) is 6.04 Å². The highest BCUT2D eigenvalue weighted by Gasteiger charge is 2.22. The predicted octanol–water partition coefficient (Wildman–Crippen LogP) is -0.773. The predicted molar refractivity (Wildman–Crippen MR) is 61.9 cm³/mol. The minimum absolute atomic E-state index is 0.112. The molecule has 0 aliphatic carbocycles. The van der Waals surface area contributed by atoms with Gasteiger partial charge in [-0.2, -0.15) is 5.26 Å². The Labute approximate surface area is 101 Å². The number of hydrogen-bond acceptors (Lipinski definition) is 4. The highest BCUT2D eigenvalue weighted by molar-refractivity contribution is 5.88. The summed E-state index contributed by atoms with van der Waals surface area (Å²) in [6.07, 6.45) is 2.56. The number of nitriles is 1. The van der Waals surface area contributed by atoms with E-state index in [-0.39, 0.29) is 24.9 Å². The van der Waals surface area contributed by atoms with Crippen molar-refractivity contribution in [2.24, 2.45) is 0 Å². The molecule has 17 heavy (non-hydrogen) atoms. The van der Waals surface area contributed by atoms with E-state index in [1.54, 1.807) is 11.9 Å². The van der Waals surface area contributed by atoms with Crippen molar-refractivity contribution in [2.75, 3.05) is 26.7 Å². The first-order valence-corrected chi connectivity index (χ1v) is 5.76. The number of nitrogens with zero attached hydrogens (tertiary/aromatic N) is 2. The Balaban J connectivity index is 2.38. The fourth-order valence-electron chi connectivity index (χ4n) is 1.74. The van der Waals surface area contributed by atoms with Crippen LogP contribution < -0.4 is 10.6 Å². The van der Waals surface area contributed by atoms with E-state index in [2.05, 4.69) is 10.6 Å². The highest BCUT2D eigenvalue weighted by atomic mass is 16.2. The monoisotopic (exact) mass is 238 g/mol. The van der Waals surface area contributed by atoms with Gasteiger partial charge in [-0.25, -0.2) is 0 Å². The molecule has 2 amide bonds. The molecular weight excluding hydrogens is 220 g/mol. The van der Waals surface area contributed by atoms with E-state index in [0.717, 1.165) is 12.8 Å². The van der Waals surface area contributed by atoms with Crippen molar-refractivity contribution in [3.8, 4) is 6.07 Å². The molecule has 1 heterocycles. The molecule has 1 saturated heterocycles. The molecule has 0 aromatic rings. The average Bonchev–Trinajstić information content (AvgIpc) is 2.44. The molecule has 0 aromatic carbocycles. The molecule has 6 heteroatoms. The van der Waals surface area contributed by atoms with E-state index < -0.39 is 6.04 Å². The third-order valence-corrected chi connectivity index (χ3v) is 2.62. The van der Waals surface area contributed by atoms with E-state index in [1.807, 2.05) is 6.07 Å². The first-order valence-electron chi connectivity index (χ1n) is 5.76. The van der Waals surface area contributed by atoms with Crippen LogP contribution in [0, 0.1) is 11.3 Å². The molecule has 1 fully saturated rings. The number of amides is 2. The van der Waals surface area contributed by atoms with Gasteiger partial charge in [-0.3, -0.25) is 14.5 Å². The van der Waals surface area contributed by atoms with E-state index in [1.165, 1.54) is 0 Å². The van der Waals surface area contributed by atoms with Gasteiger partial charge in [0.2, 0.25) is 11.8 Å². The summed E-state index contributed by atoms with van der Waals surface area (Å²) in [6, 6.07) is 1.53. The Hall–Kier alpha value is -1.61. The van der Waals surface area contributed by atoms with E-state index >= 15 is 0 Å². The van der Waals surface area contributed by atoms with Crippen LogP contribution in [0.4, 0.5) is 0 Å². The second kappa shape index (κ2) is 6.86. The number of nitrogens with one attached hydrogen (secondary N) is 2. The minimum atomic E-state index is -0.430. The van der Waals surface area contributed by atoms with Crippen molar-refractivity contribution in [3.63, 3.8) is 0 Å². The maximum absolute atomic E-state index is 11.6. The van der Waals surface area contributed by atoms with Crippen LogP contribution in [0.15, 0.2) is 0 Å². The summed E-state index contributed by atoms with van der Waals surface area (Å²) in [4.78, 5) is 24.8. The Morgan fingerprint density at radius 3 is 3.12 bits per heavy atom. The van der Waals surface area contributed by atoms with Crippen LogP contribution in [-0.4, -0.2) is 49.4 Å². The van der Waals surface area contributed by atoms with Crippen LogP contribution in [0.25, 0.3) is 0 Å². The molecule has 1 atom stereocenters. The van der Waals surface area contributed by atoms with Crippen molar-refractivity contribution >= 4 is 11.8 Å². The molecular formula is C11H18N4O2. The second-order valence-corrected chi connectivity index (χ2v) is 4.24. The van der Waals surface area contributed by atoms with Crippen molar-refractivity contribution < 1.29 is 9.59 Å². The zero-order valence-corrected chi connectivity index (χ0v) is 10.0. The lowest BCUT2D eigenvalue weighted by Gasteiger charge is -2.17. The Bertz CT molecular complexity index is 324. The molecule has 6 nitrogen and oxygen atoms in total. The number of hydrogen-bond donors (Lipinski definition) is 2. The van der Waals surface area contributed by atoms with Gasteiger partial charge in [0.25, 0.3) is 0 Å². The standard InChI is InChI=1S/C11H18N4O2/c1-15(7-5-12)8-10(16)14-9-4-2-3-6-13-11(9)17/h9H,2-4,6-8H2,1H3,(H,13,17)(H,14,16). The third kappa shape index (κ3) is 4.83. The largest absolute Gasteiger partial charge is 0.354 e. The highest BCUT2D eigenvalue weighted by Crippen LogP contribution is 2.05. The van der Waals surface area contributed by atoms with E-state index in [0.29, 0.717) is 13.0 Å². The molecule has 1 aliphatic heterocycles. The fraction of sp³-hybridized carbons (Fsp3) is 0.727. The molecule has 0 spiro atoms. The molecule has 0 radical (unpaired) electrons. The third-order valence-electron chi connectivity index (χ3n) is 2.62. The zero-order chi connectivity index (χ0) is 12.7. The quantitative estimate of drug-likeness (QED) is 0.630. The Morgan fingerprint density at radius 2 is 2.41 bits per heavy atom. The van der Waals surface area contributed by atoms with Crippen LogP contribution in [0.1, 0.15) is 19.3 Å². The lowest BCUT2D eigenvalue weighted by molar-refractivity contribution is -0.129. The number of likely N-dealkylation sites (N-methyl/N-ethyl adjacent to an activating group) is 1. The molecule has 2 N–H and O–H groups in total. The summed E-state index contributed by atoms with van der Waals surface area (Å²) < 4.78 is 0. The summed E-state index contributed by atoms with van der Waals surface area (Å²) in [6.45, 7) is 1.02. The topological polar surface area (TPSA) is 85.2 Å². The van der Waals surface area contributed by atoms with Crippen molar-refractivity contribution in [1.29, 1.82) is 5.26 Å². The normalized spacial score (nSPS) is 20.3. The number of carbonyl (C=O) groups excluding carboxylic acids is 2. The molecule has 1 aliphatic rings. The van der Waals surface area contributed by atoms with E-state index in [9.17, 15) is 9.59 Å². The lowest BCUT2D eigenvalue weighted by atomic mass is 10.1. The summed E-state index contributed by atoms with van der Waals surface area (Å²) in [5.74, 6) is -0.330. The van der Waals surface area contributed by atoms with Crippen molar-refractivity contribution in [2.45, 2.75) is 25.3 Å². The molecule has 94 valence electrons. The minimum Gasteiger partial charge on any atom is -0.354 e. The molecule has 1 rings (SSSR count). The zero-order valence-electron chi connectivity index (χ0n) is 10.0. The smallest absolute Gasteiger partial charge is 0.242 e. The number of carbonyl (C=O) groups is 2. The Kier molecular flexibility index (Phi) is 5.43.